The number of nitrogens with one attached hydrogen (secondary N) is 1. The summed E-state index contributed by atoms with van der Waals surface area (Å²) in [6.45, 7) is 3.02. The molecule has 4 rings (SSSR count). The summed E-state index contributed by atoms with van der Waals surface area (Å²) in [4.78, 5) is 29.0. The van der Waals surface area contributed by atoms with E-state index in [1.165, 1.54) is 6.07 Å². The number of morpholine rings is 1. The Morgan fingerprint density at radius 2 is 1.77 bits per heavy atom. The van der Waals surface area contributed by atoms with E-state index in [1.54, 1.807) is 4.90 Å². The molecule has 0 bridgehead atoms. The summed E-state index contributed by atoms with van der Waals surface area (Å²) in [5, 5.41) is 2.73. The van der Waals surface area contributed by atoms with E-state index in [-0.39, 0.29) is 23.4 Å². The monoisotopic (exact) mass is 425 g/mol. The molecule has 1 N–H and O–H groups in total. The Morgan fingerprint density at radius 3 is 2.43 bits per heavy atom. The van der Waals surface area contributed by atoms with Crippen LogP contribution in [0.1, 0.15) is 31.2 Å². The largest absolute Gasteiger partial charge is 0.416 e. The van der Waals surface area contributed by atoms with Crippen molar-refractivity contribution in [2.24, 2.45) is 11.8 Å². The molecule has 0 aromatic heterocycles. The lowest BCUT2D eigenvalue weighted by molar-refractivity contribution is -0.138. The molecule has 2 amide bonds. The van der Waals surface area contributed by atoms with Gasteiger partial charge in [0.1, 0.15) is 0 Å². The normalized spacial score (nSPS) is 22.7. The van der Waals surface area contributed by atoms with Crippen molar-refractivity contribution in [3.63, 3.8) is 0 Å². The molecule has 3 fully saturated rings. The summed E-state index contributed by atoms with van der Waals surface area (Å²) in [6.07, 6.45) is -1.36. The molecule has 2 saturated heterocycles. The average Bonchev–Trinajstić information content (AvgIpc) is 3.58. The van der Waals surface area contributed by atoms with E-state index >= 15 is 0 Å². The molecule has 0 spiro atoms. The summed E-state index contributed by atoms with van der Waals surface area (Å²) < 4.78 is 45.1. The molecule has 164 valence electrons. The van der Waals surface area contributed by atoms with Gasteiger partial charge in [0, 0.05) is 32.1 Å². The summed E-state index contributed by atoms with van der Waals surface area (Å²) in [5.74, 6) is -0.575. The van der Waals surface area contributed by atoms with E-state index in [1.807, 2.05) is 4.90 Å². The fourth-order valence-electron chi connectivity index (χ4n) is 4.11. The first-order valence-corrected chi connectivity index (χ1v) is 10.5. The third-order valence-corrected chi connectivity index (χ3v) is 5.96. The lowest BCUT2D eigenvalue weighted by atomic mass is 9.96. The number of carbonyl (C=O) groups is 2. The van der Waals surface area contributed by atoms with Gasteiger partial charge in [0.25, 0.3) is 0 Å². The second-order valence-corrected chi connectivity index (χ2v) is 8.22. The summed E-state index contributed by atoms with van der Waals surface area (Å²) in [7, 11) is 0. The summed E-state index contributed by atoms with van der Waals surface area (Å²) in [6, 6.07) is 3.45. The number of hydrogen-bond donors (Lipinski definition) is 1. The summed E-state index contributed by atoms with van der Waals surface area (Å²) >= 11 is 0. The van der Waals surface area contributed by atoms with Gasteiger partial charge in [-0.2, -0.15) is 13.2 Å². The minimum absolute atomic E-state index is 0.0863. The predicted octanol–water partition coefficient (Wildman–Crippen LogP) is 3.13. The maximum atomic E-state index is 13.3. The van der Waals surface area contributed by atoms with Crippen molar-refractivity contribution in [3.8, 4) is 0 Å². The van der Waals surface area contributed by atoms with Crippen LogP contribution in [0.2, 0.25) is 0 Å². The predicted molar refractivity (Wildman–Crippen MR) is 105 cm³/mol. The number of amides is 2. The second-order valence-electron chi connectivity index (χ2n) is 8.22. The van der Waals surface area contributed by atoms with Crippen molar-refractivity contribution in [1.29, 1.82) is 0 Å². The van der Waals surface area contributed by atoms with E-state index in [0.29, 0.717) is 51.5 Å². The third-order valence-electron chi connectivity index (χ3n) is 5.96. The molecule has 6 nitrogen and oxygen atoms in total. The lowest BCUT2D eigenvalue weighted by Gasteiger charge is -2.33. The molecule has 9 heteroatoms. The van der Waals surface area contributed by atoms with Crippen LogP contribution in [0.5, 0.6) is 0 Å². The van der Waals surface area contributed by atoms with E-state index in [2.05, 4.69) is 5.32 Å². The minimum atomic E-state index is -4.50. The Bertz CT molecular complexity index is 804. The number of anilines is 2. The zero-order valence-corrected chi connectivity index (χ0v) is 16.7. The molecule has 3 aliphatic rings. The SMILES string of the molecule is O=C(Nc1cc(C(F)(F)F)ccc1N1CCOCC1)C1CCCN(C(=O)C2CC2)C1. The van der Waals surface area contributed by atoms with Gasteiger partial charge >= 0.3 is 6.18 Å². The van der Waals surface area contributed by atoms with Crippen molar-refractivity contribution in [3.05, 3.63) is 23.8 Å². The quantitative estimate of drug-likeness (QED) is 0.805. The molecule has 0 radical (unpaired) electrons. The Morgan fingerprint density at radius 1 is 1.03 bits per heavy atom. The highest BCUT2D eigenvalue weighted by Crippen LogP contribution is 2.37. The van der Waals surface area contributed by atoms with Crippen LogP contribution in [-0.4, -0.2) is 56.1 Å². The zero-order valence-electron chi connectivity index (χ0n) is 16.7. The number of carbonyl (C=O) groups excluding carboxylic acids is 2. The van der Waals surface area contributed by atoms with E-state index in [4.69, 9.17) is 4.74 Å². The zero-order chi connectivity index (χ0) is 21.3. The maximum absolute atomic E-state index is 13.3. The number of ether oxygens (including phenoxy) is 1. The van der Waals surface area contributed by atoms with Gasteiger partial charge in [-0.1, -0.05) is 0 Å². The van der Waals surface area contributed by atoms with Gasteiger partial charge in [-0.3, -0.25) is 9.59 Å². The van der Waals surface area contributed by atoms with Gasteiger partial charge in [-0.05, 0) is 43.9 Å². The van der Waals surface area contributed by atoms with Crippen LogP contribution in [0, 0.1) is 11.8 Å². The fourth-order valence-corrected chi connectivity index (χ4v) is 4.11. The third kappa shape index (κ3) is 4.71. The smallest absolute Gasteiger partial charge is 0.378 e. The Hall–Kier alpha value is -2.29. The Kier molecular flexibility index (Phi) is 5.90. The highest BCUT2D eigenvalue weighted by Gasteiger charge is 2.37. The number of rotatable bonds is 4. The molecular weight excluding hydrogens is 399 g/mol. The lowest BCUT2D eigenvalue weighted by Crippen LogP contribution is -2.44. The van der Waals surface area contributed by atoms with E-state index in [9.17, 15) is 22.8 Å². The Labute approximate surface area is 173 Å². The van der Waals surface area contributed by atoms with Gasteiger partial charge in [0.15, 0.2) is 0 Å². The van der Waals surface area contributed by atoms with Gasteiger partial charge in [-0.25, -0.2) is 0 Å². The van der Waals surface area contributed by atoms with E-state index in [0.717, 1.165) is 31.4 Å². The van der Waals surface area contributed by atoms with Crippen LogP contribution < -0.4 is 10.2 Å². The molecule has 2 heterocycles. The molecule has 1 aromatic carbocycles. The second kappa shape index (κ2) is 8.45. The molecule has 1 unspecified atom stereocenters. The first-order valence-electron chi connectivity index (χ1n) is 10.5. The van der Waals surface area contributed by atoms with Crippen molar-refractivity contribution < 1.29 is 27.5 Å². The van der Waals surface area contributed by atoms with Gasteiger partial charge < -0.3 is 19.9 Å². The van der Waals surface area contributed by atoms with Gasteiger partial charge in [-0.15, -0.1) is 0 Å². The molecule has 1 atom stereocenters. The van der Waals surface area contributed by atoms with Crippen LogP contribution in [-0.2, 0) is 20.5 Å². The molecular formula is C21H26F3N3O3. The highest BCUT2D eigenvalue weighted by atomic mass is 19.4. The molecule has 1 aliphatic carbocycles. The Balaban J connectivity index is 1.52. The number of likely N-dealkylation sites (tertiary alicyclic amines) is 1. The molecule has 30 heavy (non-hydrogen) atoms. The number of piperidine rings is 1. The summed E-state index contributed by atoms with van der Waals surface area (Å²) in [5.41, 5.74) is -0.0901. The first kappa shape index (κ1) is 21.0. The fraction of sp³-hybridized carbons (Fsp3) is 0.619. The van der Waals surface area contributed by atoms with Crippen molar-refractivity contribution >= 4 is 23.2 Å². The minimum Gasteiger partial charge on any atom is -0.378 e. The van der Waals surface area contributed by atoms with Crippen LogP contribution in [0.3, 0.4) is 0 Å². The van der Waals surface area contributed by atoms with Crippen molar-refractivity contribution in [2.45, 2.75) is 31.9 Å². The first-order chi connectivity index (χ1) is 14.3. The van der Waals surface area contributed by atoms with Crippen LogP contribution in [0.25, 0.3) is 0 Å². The highest BCUT2D eigenvalue weighted by molar-refractivity contribution is 5.96. The molecule has 1 aromatic rings. The van der Waals surface area contributed by atoms with Crippen LogP contribution >= 0.6 is 0 Å². The van der Waals surface area contributed by atoms with Crippen LogP contribution in [0.15, 0.2) is 18.2 Å². The number of nitrogens with zero attached hydrogens (tertiary/aromatic N) is 2. The number of alkyl halides is 3. The maximum Gasteiger partial charge on any atom is 0.416 e. The van der Waals surface area contributed by atoms with Crippen molar-refractivity contribution in [2.75, 3.05) is 49.6 Å². The van der Waals surface area contributed by atoms with Gasteiger partial charge in [0.2, 0.25) is 11.8 Å². The van der Waals surface area contributed by atoms with Crippen LogP contribution in [0.4, 0.5) is 24.5 Å². The topological polar surface area (TPSA) is 61.9 Å². The molecule has 2 aliphatic heterocycles. The average molecular weight is 425 g/mol. The number of halogens is 3. The standard InChI is InChI=1S/C21H26F3N3O3/c22-21(23,24)16-5-6-18(26-8-10-30-11-9-26)17(12-16)25-19(28)15-2-1-7-27(13-15)20(29)14-3-4-14/h5-6,12,14-15H,1-4,7-11,13H2,(H,25,28). The van der Waals surface area contributed by atoms with E-state index < -0.39 is 17.7 Å². The van der Waals surface area contributed by atoms with Gasteiger partial charge in [0.05, 0.1) is 36.1 Å². The van der Waals surface area contributed by atoms with Crippen molar-refractivity contribution in [1.82, 2.24) is 4.90 Å². The molecule has 1 saturated carbocycles. The number of benzene rings is 1. The number of hydrogen-bond acceptors (Lipinski definition) is 4.